The van der Waals surface area contributed by atoms with E-state index in [2.05, 4.69) is 19.9 Å². The molecule has 3 aliphatic rings. The SMILES string of the molecule is O=C(CCn1cccn1)N1[C@H]2CC[C@H]1c1cnc(N3CCOCC3)nc1C2. The van der Waals surface area contributed by atoms with Crippen molar-refractivity contribution in [3.63, 3.8) is 0 Å². The van der Waals surface area contributed by atoms with Crippen LogP contribution in [0.5, 0.6) is 0 Å². The monoisotopic (exact) mass is 368 g/mol. The molecule has 5 rings (SSSR count). The van der Waals surface area contributed by atoms with E-state index in [1.165, 1.54) is 0 Å². The average Bonchev–Trinajstić information content (AvgIpc) is 3.34. The number of anilines is 1. The van der Waals surface area contributed by atoms with Crippen LogP contribution in [0.1, 0.15) is 36.6 Å². The lowest BCUT2D eigenvalue weighted by atomic mass is 9.99. The summed E-state index contributed by atoms with van der Waals surface area (Å²) in [5.41, 5.74) is 2.25. The van der Waals surface area contributed by atoms with Crippen LogP contribution in [0.2, 0.25) is 0 Å². The van der Waals surface area contributed by atoms with Crippen LogP contribution in [-0.4, -0.2) is 62.9 Å². The maximum Gasteiger partial charge on any atom is 0.225 e. The van der Waals surface area contributed by atoms with E-state index in [1.807, 2.05) is 23.1 Å². The number of amides is 1. The first-order valence-electron chi connectivity index (χ1n) is 9.77. The van der Waals surface area contributed by atoms with Gasteiger partial charge >= 0.3 is 0 Å². The first kappa shape index (κ1) is 16.7. The van der Waals surface area contributed by atoms with Crippen LogP contribution in [-0.2, 0) is 22.5 Å². The Morgan fingerprint density at radius 1 is 1.26 bits per heavy atom. The fourth-order valence-electron chi connectivity index (χ4n) is 4.53. The fraction of sp³-hybridized carbons (Fsp3) is 0.579. The summed E-state index contributed by atoms with van der Waals surface area (Å²) in [6.07, 6.45) is 8.96. The second-order valence-electron chi connectivity index (χ2n) is 7.44. The van der Waals surface area contributed by atoms with Gasteiger partial charge in [-0.2, -0.15) is 5.10 Å². The minimum Gasteiger partial charge on any atom is -0.378 e. The molecule has 2 saturated heterocycles. The van der Waals surface area contributed by atoms with E-state index in [1.54, 1.807) is 6.20 Å². The number of nitrogens with zero attached hydrogens (tertiary/aromatic N) is 6. The van der Waals surface area contributed by atoms with Crippen LogP contribution in [0.3, 0.4) is 0 Å². The van der Waals surface area contributed by atoms with Gasteiger partial charge in [-0.3, -0.25) is 9.48 Å². The molecule has 0 spiro atoms. The highest BCUT2D eigenvalue weighted by molar-refractivity contribution is 5.78. The molecule has 0 aliphatic carbocycles. The summed E-state index contributed by atoms with van der Waals surface area (Å²) in [4.78, 5) is 26.7. The molecule has 0 aromatic carbocycles. The van der Waals surface area contributed by atoms with Gasteiger partial charge in [0.1, 0.15) is 0 Å². The molecular weight excluding hydrogens is 344 g/mol. The van der Waals surface area contributed by atoms with Gasteiger partial charge in [-0.15, -0.1) is 0 Å². The average molecular weight is 368 g/mol. The molecule has 0 unspecified atom stereocenters. The molecule has 2 bridgehead atoms. The standard InChI is InChI=1S/C19H24N6O2/c26-18(4-7-24-6-1-5-21-24)25-14-2-3-17(25)15-13-20-19(22-16(15)12-14)23-8-10-27-11-9-23/h1,5-6,13-14,17H,2-4,7-12H2/t14-,17-/m0/s1. The number of carbonyl (C=O) groups excluding carboxylic acids is 1. The zero-order valence-electron chi connectivity index (χ0n) is 15.3. The molecule has 5 heterocycles. The van der Waals surface area contributed by atoms with E-state index in [9.17, 15) is 4.79 Å². The largest absolute Gasteiger partial charge is 0.378 e. The summed E-state index contributed by atoms with van der Waals surface area (Å²) < 4.78 is 7.24. The van der Waals surface area contributed by atoms with E-state index in [0.717, 1.165) is 62.8 Å². The fourth-order valence-corrected chi connectivity index (χ4v) is 4.53. The van der Waals surface area contributed by atoms with Crippen LogP contribution in [0.4, 0.5) is 5.95 Å². The zero-order chi connectivity index (χ0) is 18.2. The third-order valence-electron chi connectivity index (χ3n) is 5.87. The lowest BCUT2D eigenvalue weighted by molar-refractivity contribution is -0.135. The van der Waals surface area contributed by atoms with Gasteiger partial charge < -0.3 is 14.5 Å². The Labute approximate surface area is 158 Å². The van der Waals surface area contributed by atoms with E-state index in [4.69, 9.17) is 9.72 Å². The Morgan fingerprint density at radius 3 is 2.96 bits per heavy atom. The van der Waals surface area contributed by atoms with E-state index < -0.39 is 0 Å². The van der Waals surface area contributed by atoms with Crippen molar-refractivity contribution >= 4 is 11.9 Å². The molecule has 1 amide bonds. The molecule has 2 atom stereocenters. The van der Waals surface area contributed by atoms with Crippen molar-refractivity contribution < 1.29 is 9.53 Å². The minimum absolute atomic E-state index is 0.127. The maximum absolute atomic E-state index is 12.9. The Morgan fingerprint density at radius 2 is 2.15 bits per heavy atom. The van der Waals surface area contributed by atoms with Crippen molar-refractivity contribution in [2.45, 2.75) is 44.3 Å². The van der Waals surface area contributed by atoms with Gasteiger partial charge in [-0.25, -0.2) is 9.97 Å². The number of hydrogen-bond acceptors (Lipinski definition) is 6. The van der Waals surface area contributed by atoms with Crippen molar-refractivity contribution in [3.8, 4) is 0 Å². The van der Waals surface area contributed by atoms with Crippen molar-refractivity contribution in [1.29, 1.82) is 0 Å². The summed E-state index contributed by atoms with van der Waals surface area (Å²) in [6.45, 7) is 3.75. The third-order valence-corrected chi connectivity index (χ3v) is 5.87. The highest BCUT2D eigenvalue weighted by Crippen LogP contribution is 2.43. The van der Waals surface area contributed by atoms with Gasteiger partial charge in [-0.05, 0) is 18.9 Å². The van der Waals surface area contributed by atoms with Gasteiger partial charge in [-0.1, -0.05) is 0 Å². The molecule has 27 heavy (non-hydrogen) atoms. The summed E-state index contributed by atoms with van der Waals surface area (Å²) in [5.74, 6) is 1.01. The third kappa shape index (κ3) is 3.07. The lowest BCUT2D eigenvalue weighted by Gasteiger charge is -2.36. The predicted octanol–water partition coefficient (Wildman–Crippen LogP) is 1.19. The second-order valence-corrected chi connectivity index (χ2v) is 7.44. The molecule has 0 radical (unpaired) electrons. The van der Waals surface area contributed by atoms with Crippen LogP contribution >= 0.6 is 0 Å². The Hall–Kier alpha value is -2.48. The van der Waals surface area contributed by atoms with Crippen LogP contribution in [0, 0.1) is 0 Å². The van der Waals surface area contributed by atoms with E-state index in [-0.39, 0.29) is 18.0 Å². The van der Waals surface area contributed by atoms with Crippen molar-refractivity contribution in [2.75, 3.05) is 31.2 Å². The van der Waals surface area contributed by atoms with Gasteiger partial charge in [0.2, 0.25) is 11.9 Å². The number of fused-ring (bicyclic) bond motifs is 4. The topological polar surface area (TPSA) is 76.4 Å². The number of aromatic nitrogens is 4. The molecule has 0 saturated carbocycles. The Bertz CT molecular complexity index is 818. The molecule has 142 valence electrons. The smallest absolute Gasteiger partial charge is 0.225 e. The number of hydrogen-bond donors (Lipinski definition) is 0. The number of carbonyl (C=O) groups is 1. The first-order valence-corrected chi connectivity index (χ1v) is 9.77. The quantitative estimate of drug-likeness (QED) is 0.807. The molecular formula is C19H24N6O2. The summed E-state index contributed by atoms with van der Waals surface area (Å²) in [5, 5.41) is 4.19. The molecule has 8 heteroatoms. The van der Waals surface area contributed by atoms with Crippen molar-refractivity contribution in [3.05, 3.63) is 35.9 Å². The Balaban J connectivity index is 1.33. The second kappa shape index (κ2) is 6.92. The number of ether oxygens (including phenoxy) is 1. The maximum atomic E-state index is 12.9. The van der Waals surface area contributed by atoms with Crippen LogP contribution in [0.25, 0.3) is 0 Å². The lowest BCUT2D eigenvalue weighted by Crippen LogP contribution is -2.43. The molecule has 2 aromatic rings. The highest BCUT2D eigenvalue weighted by Gasteiger charge is 2.43. The summed E-state index contributed by atoms with van der Waals surface area (Å²) >= 11 is 0. The molecule has 0 N–H and O–H groups in total. The first-order chi connectivity index (χ1) is 13.3. The minimum atomic E-state index is 0.127. The zero-order valence-corrected chi connectivity index (χ0v) is 15.3. The van der Waals surface area contributed by atoms with Crippen molar-refractivity contribution in [2.24, 2.45) is 0 Å². The number of aryl methyl sites for hydroxylation is 1. The van der Waals surface area contributed by atoms with Gasteiger partial charge in [0.15, 0.2) is 0 Å². The van der Waals surface area contributed by atoms with Gasteiger partial charge in [0.05, 0.1) is 24.9 Å². The normalized spacial score (nSPS) is 24.1. The summed E-state index contributed by atoms with van der Waals surface area (Å²) in [7, 11) is 0. The van der Waals surface area contributed by atoms with E-state index in [0.29, 0.717) is 13.0 Å². The molecule has 2 fully saturated rings. The van der Waals surface area contributed by atoms with Crippen LogP contribution in [0.15, 0.2) is 24.7 Å². The molecule has 2 aromatic heterocycles. The van der Waals surface area contributed by atoms with Gasteiger partial charge in [0.25, 0.3) is 0 Å². The molecule has 8 nitrogen and oxygen atoms in total. The summed E-state index contributed by atoms with van der Waals surface area (Å²) in [6, 6.07) is 2.27. The highest BCUT2D eigenvalue weighted by atomic mass is 16.5. The Kier molecular flexibility index (Phi) is 4.27. The number of morpholine rings is 1. The van der Waals surface area contributed by atoms with E-state index >= 15 is 0 Å². The number of rotatable bonds is 4. The van der Waals surface area contributed by atoms with Crippen molar-refractivity contribution in [1.82, 2.24) is 24.6 Å². The molecule has 3 aliphatic heterocycles. The predicted molar refractivity (Wildman–Crippen MR) is 98.2 cm³/mol. The van der Waals surface area contributed by atoms with Gasteiger partial charge in [0, 0.05) is 62.7 Å². The van der Waals surface area contributed by atoms with Crippen LogP contribution < -0.4 is 4.90 Å².